The van der Waals surface area contributed by atoms with Crippen molar-refractivity contribution in [3.63, 3.8) is 0 Å². The lowest BCUT2D eigenvalue weighted by molar-refractivity contribution is 0.553. The van der Waals surface area contributed by atoms with Crippen molar-refractivity contribution in [2.45, 2.75) is 25.7 Å². The number of benzene rings is 1. The highest BCUT2D eigenvalue weighted by atomic mass is 32.3. The Morgan fingerprint density at radius 2 is 1.69 bits per heavy atom. The van der Waals surface area contributed by atoms with E-state index < -0.39 is 10.2 Å². The van der Waals surface area contributed by atoms with Crippen LogP contribution in [-0.2, 0) is 10.2 Å². The van der Waals surface area contributed by atoms with Gasteiger partial charge in [0.1, 0.15) is 4.90 Å². The van der Waals surface area contributed by atoms with Gasteiger partial charge in [0, 0.05) is 15.0 Å². The van der Waals surface area contributed by atoms with Crippen molar-refractivity contribution in [3.8, 4) is 0 Å². The first-order chi connectivity index (χ1) is 7.32. The molecule has 0 fully saturated rings. The lowest BCUT2D eigenvalue weighted by Gasteiger charge is -2.01. The summed E-state index contributed by atoms with van der Waals surface area (Å²) >= 11 is 1.33. The zero-order valence-corrected chi connectivity index (χ0v) is 10.8. The predicted octanol–water partition coefficient (Wildman–Crippen LogP) is 3.48. The van der Waals surface area contributed by atoms with Gasteiger partial charge in [0.2, 0.25) is 0 Å². The molecular weight excluding hydrogens is 247 g/mol. The molecule has 0 bridgehead atoms. The normalized spacial score (nSPS) is 12.2. The first kappa shape index (κ1) is 11.5. The van der Waals surface area contributed by atoms with Crippen LogP contribution < -0.4 is 0 Å². The van der Waals surface area contributed by atoms with Gasteiger partial charge in [-0.25, -0.2) is 0 Å². The van der Waals surface area contributed by atoms with Crippen molar-refractivity contribution in [2.24, 2.45) is 0 Å². The van der Waals surface area contributed by atoms with Gasteiger partial charge in [-0.1, -0.05) is 12.1 Å². The minimum absolute atomic E-state index is 0.159. The molecule has 1 aromatic carbocycles. The Morgan fingerprint density at radius 3 is 2.25 bits per heavy atom. The molecule has 0 unspecified atom stereocenters. The number of hydrogen-bond acceptors (Lipinski definition) is 3. The van der Waals surface area contributed by atoms with Crippen LogP contribution in [0.5, 0.6) is 0 Å². The summed E-state index contributed by atoms with van der Waals surface area (Å²) in [5.41, 5.74) is 1.77. The van der Waals surface area contributed by atoms with Gasteiger partial charge < -0.3 is 0 Å². The Kier molecular flexibility index (Phi) is 2.55. The van der Waals surface area contributed by atoms with E-state index in [1.165, 1.54) is 11.3 Å². The van der Waals surface area contributed by atoms with E-state index in [9.17, 15) is 12.3 Å². The summed E-state index contributed by atoms with van der Waals surface area (Å²) in [5.74, 6) is 0. The summed E-state index contributed by atoms with van der Waals surface area (Å²) in [7, 11) is -4.65. The highest BCUT2D eigenvalue weighted by Crippen LogP contribution is 2.38. The van der Waals surface area contributed by atoms with E-state index in [1.54, 1.807) is 13.8 Å². The van der Waals surface area contributed by atoms with Crippen molar-refractivity contribution < 1.29 is 12.3 Å². The maximum absolute atomic E-state index is 13.2. The number of hydrogen-bond donors (Lipinski definition) is 0. The van der Waals surface area contributed by atoms with Crippen LogP contribution in [0.3, 0.4) is 0 Å². The molecule has 16 heavy (non-hydrogen) atoms. The summed E-state index contributed by atoms with van der Waals surface area (Å²) < 4.78 is 36.4. The lowest BCUT2D eigenvalue weighted by atomic mass is 10.1. The average Bonchev–Trinajstić information content (AvgIpc) is 2.49. The number of rotatable bonds is 1. The fourth-order valence-corrected chi connectivity index (χ4v) is 4.30. The fourth-order valence-electron chi connectivity index (χ4n) is 1.87. The first-order valence-corrected chi connectivity index (χ1v) is 6.96. The Bertz CT molecular complexity index is 669. The topological polar surface area (TPSA) is 34.1 Å². The molecule has 0 aliphatic rings. The van der Waals surface area contributed by atoms with Crippen molar-refractivity contribution >= 4 is 31.6 Å². The summed E-state index contributed by atoms with van der Waals surface area (Å²) in [6, 6.07) is 3.74. The molecule has 0 saturated heterocycles. The lowest BCUT2D eigenvalue weighted by Crippen LogP contribution is -1.93. The van der Waals surface area contributed by atoms with Gasteiger partial charge >= 0.3 is 10.2 Å². The molecule has 0 atom stereocenters. The summed E-state index contributed by atoms with van der Waals surface area (Å²) in [6.45, 7) is 5.32. The van der Waals surface area contributed by atoms with Crippen LogP contribution in [0.4, 0.5) is 3.89 Å². The number of thiophene rings is 1. The molecule has 1 aromatic heterocycles. The monoisotopic (exact) mass is 258 g/mol. The number of halogens is 1. The van der Waals surface area contributed by atoms with Gasteiger partial charge in [0.25, 0.3) is 0 Å². The van der Waals surface area contributed by atoms with Gasteiger partial charge in [0.05, 0.1) is 0 Å². The molecule has 86 valence electrons. The van der Waals surface area contributed by atoms with Gasteiger partial charge in [-0.15, -0.1) is 15.2 Å². The molecule has 1 heterocycles. The maximum Gasteiger partial charge on any atom is 0.333 e. The zero-order chi connectivity index (χ0) is 12.1. The van der Waals surface area contributed by atoms with E-state index in [0.29, 0.717) is 10.3 Å². The van der Waals surface area contributed by atoms with E-state index in [1.807, 2.05) is 19.1 Å². The molecule has 0 amide bonds. The molecule has 0 saturated carbocycles. The van der Waals surface area contributed by atoms with Crippen LogP contribution in [0.25, 0.3) is 10.1 Å². The van der Waals surface area contributed by atoms with Gasteiger partial charge in [-0.2, -0.15) is 8.42 Å². The van der Waals surface area contributed by atoms with E-state index >= 15 is 0 Å². The summed E-state index contributed by atoms with van der Waals surface area (Å²) in [4.78, 5) is 0.351. The van der Waals surface area contributed by atoms with Crippen LogP contribution in [0.1, 0.15) is 16.0 Å². The molecule has 5 heteroatoms. The molecule has 0 aliphatic carbocycles. The molecule has 2 rings (SSSR count). The second-order valence-corrected chi connectivity index (χ2v) is 6.34. The van der Waals surface area contributed by atoms with Crippen LogP contribution in [0, 0.1) is 20.8 Å². The van der Waals surface area contributed by atoms with E-state index in [0.717, 1.165) is 15.8 Å². The summed E-state index contributed by atoms with van der Waals surface area (Å²) in [5, 5.41) is 0.532. The first-order valence-electron chi connectivity index (χ1n) is 4.76. The number of fused-ring (bicyclic) bond motifs is 1. The molecule has 2 nitrogen and oxygen atoms in total. The summed E-state index contributed by atoms with van der Waals surface area (Å²) in [6.07, 6.45) is 0. The fraction of sp³-hybridized carbons (Fsp3) is 0.273. The average molecular weight is 258 g/mol. The van der Waals surface area contributed by atoms with Crippen molar-refractivity contribution in [2.75, 3.05) is 0 Å². The molecule has 0 spiro atoms. The number of aryl methyl sites for hydroxylation is 3. The Morgan fingerprint density at radius 1 is 1.12 bits per heavy atom. The Balaban J connectivity index is 3.06. The second-order valence-electron chi connectivity index (χ2n) is 3.83. The Labute approximate surface area is 97.9 Å². The van der Waals surface area contributed by atoms with Crippen LogP contribution in [-0.4, -0.2) is 8.42 Å². The molecular formula is C11H11FO2S2. The van der Waals surface area contributed by atoms with E-state index in [2.05, 4.69) is 0 Å². The van der Waals surface area contributed by atoms with Gasteiger partial charge in [-0.05, 0) is 31.9 Å². The minimum atomic E-state index is -4.65. The highest BCUT2D eigenvalue weighted by Gasteiger charge is 2.23. The van der Waals surface area contributed by atoms with E-state index in [4.69, 9.17) is 0 Å². The highest BCUT2D eigenvalue weighted by molar-refractivity contribution is 7.86. The third kappa shape index (κ3) is 1.64. The molecule has 0 aliphatic heterocycles. The van der Waals surface area contributed by atoms with Gasteiger partial charge in [-0.3, -0.25) is 0 Å². The standard InChI is InChI=1S/C11H11FO2S2/c1-6-4-5-7(2)10-9(6)11(8(3)15-10)16(12,13)14/h4-5H,1-3H3. The quantitative estimate of drug-likeness (QED) is 0.734. The van der Waals surface area contributed by atoms with E-state index in [-0.39, 0.29) is 4.90 Å². The largest absolute Gasteiger partial charge is 0.333 e. The SMILES string of the molecule is Cc1sc2c(C)ccc(C)c2c1S(=O)(=O)F. The molecule has 0 radical (unpaired) electrons. The maximum atomic E-state index is 13.2. The smallest absolute Gasteiger partial charge is 0.189 e. The van der Waals surface area contributed by atoms with Crippen molar-refractivity contribution in [3.05, 3.63) is 28.1 Å². The third-order valence-corrected chi connectivity index (χ3v) is 4.98. The molecule has 0 N–H and O–H groups in total. The molecule has 2 aromatic rings. The second kappa shape index (κ2) is 3.53. The third-order valence-electron chi connectivity index (χ3n) is 2.61. The minimum Gasteiger partial charge on any atom is -0.189 e. The van der Waals surface area contributed by atoms with Crippen LogP contribution in [0.2, 0.25) is 0 Å². The van der Waals surface area contributed by atoms with Crippen LogP contribution >= 0.6 is 11.3 Å². The Hall–Kier alpha value is -0.940. The predicted molar refractivity (Wildman–Crippen MR) is 64.3 cm³/mol. The van der Waals surface area contributed by atoms with Crippen molar-refractivity contribution in [1.29, 1.82) is 0 Å². The van der Waals surface area contributed by atoms with Crippen LogP contribution in [0.15, 0.2) is 17.0 Å². The zero-order valence-electron chi connectivity index (χ0n) is 9.17. The van der Waals surface area contributed by atoms with Gasteiger partial charge in [0.15, 0.2) is 0 Å². The van der Waals surface area contributed by atoms with Crippen molar-refractivity contribution in [1.82, 2.24) is 0 Å².